The SMILES string of the molecule is CC(=O)c1cn(CC(=O)Nc2ccc(C)cc2)c(=O)n(Cc2ccccc2)c1=O. The van der Waals surface area contributed by atoms with Gasteiger partial charge in [0.2, 0.25) is 5.91 Å². The molecular weight excluding hydrogens is 370 g/mol. The van der Waals surface area contributed by atoms with Gasteiger partial charge in [-0.3, -0.25) is 23.5 Å². The monoisotopic (exact) mass is 391 g/mol. The zero-order valence-electron chi connectivity index (χ0n) is 16.2. The zero-order valence-corrected chi connectivity index (χ0v) is 16.2. The van der Waals surface area contributed by atoms with Gasteiger partial charge in [-0.05, 0) is 31.5 Å². The van der Waals surface area contributed by atoms with E-state index in [4.69, 9.17) is 0 Å². The van der Waals surface area contributed by atoms with Crippen molar-refractivity contribution in [1.82, 2.24) is 9.13 Å². The number of rotatable bonds is 6. The van der Waals surface area contributed by atoms with Crippen LogP contribution in [0.5, 0.6) is 0 Å². The molecule has 0 atom stereocenters. The molecule has 1 amide bonds. The van der Waals surface area contributed by atoms with Crippen molar-refractivity contribution in [3.8, 4) is 0 Å². The van der Waals surface area contributed by atoms with Crippen molar-refractivity contribution in [1.29, 1.82) is 0 Å². The summed E-state index contributed by atoms with van der Waals surface area (Å²) in [7, 11) is 0. The van der Waals surface area contributed by atoms with E-state index in [0.29, 0.717) is 5.69 Å². The second-order valence-corrected chi connectivity index (χ2v) is 6.80. The molecule has 0 aliphatic rings. The Morgan fingerprint density at radius 2 is 1.62 bits per heavy atom. The molecule has 0 aliphatic heterocycles. The molecule has 0 spiro atoms. The molecule has 0 saturated carbocycles. The van der Waals surface area contributed by atoms with Crippen molar-refractivity contribution in [2.45, 2.75) is 26.9 Å². The number of aromatic nitrogens is 2. The normalized spacial score (nSPS) is 10.6. The lowest BCUT2D eigenvalue weighted by Gasteiger charge is -2.12. The van der Waals surface area contributed by atoms with Crippen molar-refractivity contribution in [2.75, 3.05) is 5.32 Å². The van der Waals surface area contributed by atoms with Gasteiger partial charge in [0.1, 0.15) is 6.54 Å². The molecule has 0 saturated heterocycles. The number of hydrogen-bond donors (Lipinski definition) is 1. The van der Waals surface area contributed by atoms with Crippen LogP contribution in [0.15, 0.2) is 70.4 Å². The smallest absolute Gasteiger partial charge is 0.325 e. The van der Waals surface area contributed by atoms with E-state index in [1.54, 1.807) is 36.4 Å². The summed E-state index contributed by atoms with van der Waals surface area (Å²) in [5.74, 6) is -0.903. The Bertz CT molecular complexity index is 1160. The molecule has 0 unspecified atom stereocenters. The minimum atomic E-state index is -0.665. The minimum absolute atomic E-state index is 0.0131. The lowest BCUT2D eigenvalue weighted by molar-refractivity contribution is -0.116. The van der Waals surface area contributed by atoms with Gasteiger partial charge in [0, 0.05) is 11.9 Å². The molecule has 7 heteroatoms. The van der Waals surface area contributed by atoms with Gasteiger partial charge < -0.3 is 5.32 Å². The van der Waals surface area contributed by atoms with Gasteiger partial charge in [-0.2, -0.15) is 0 Å². The van der Waals surface area contributed by atoms with Crippen LogP contribution in [0.1, 0.15) is 28.4 Å². The fraction of sp³-hybridized carbons (Fsp3) is 0.182. The number of Topliss-reactive ketones (excluding diaryl/α,β-unsaturated/α-hetero) is 1. The highest BCUT2D eigenvalue weighted by molar-refractivity contribution is 5.93. The molecule has 3 rings (SSSR count). The van der Waals surface area contributed by atoms with Crippen LogP contribution in [0.25, 0.3) is 0 Å². The fourth-order valence-corrected chi connectivity index (χ4v) is 2.91. The van der Waals surface area contributed by atoms with E-state index < -0.39 is 22.9 Å². The molecule has 29 heavy (non-hydrogen) atoms. The van der Waals surface area contributed by atoms with Crippen molar-refractivity contribution < 1.29 is 9.59 Å². The Balaban J connectivity index is 1.94. The van der Waals surface area contributed by atoms with Crippen molar-refractivity contribution in [3.63, 3.8) is 0 Å². The highest BCUT2D eigenvalue weighted by Crippen LogP contribution is 2.08. The zero-order chi connectivity index (χ0) is 21.0. The average Bonchev–Trinajstić information content (AvgIpc) is 2.69. The summed E-state index contributed by atoms with van der Waals surface area (Å²) >= 11 is 0. The van der Waals surface area contributed by atoms with Crippen molar-refractivity contribution in [2.24, 2.45) is 0 Å². The van der Waals surface area contributed by atoms with Gasteiger partial charge in [0.15, 0.2) is 5.78 Å². The van der Waals surface area contributed by atoms with Gasteiger partial charge in [-0.1, -0.05) is 48.0 Å². The Morgan fingerprint density at radius 3 is 2.24 bits per heavy atom. The van der Waals surface area contributed by atoms with Crippen LogP contribution in [0, 0.1) is 6.92 Å². The summed E-state index contributed by atoms with van der Waals surface area (Å²) in [6.45, 7) is 2.89. The molecule has 1 N–H and O–H groups in total. The number of ketones is 1. The number of carbonyl (C=O) groups excluding carboxylic acids is 2. The molecule has 0 radical (unpaired) electrons. The van der Waals surface area contributed by atoms with Crippen LogP contribution in [-0.2, 0) is 17.9 Å². The average molecular weight is 391 g/mol. The van der Waals surface area contributed by atoms with E-state index in [0.717, 1.165) is 26.5 Å². The van der Waals surface area contributed by atoms with Crippen LogP contribution >= 0.6 is 0 Å². The van der Waals surface area contributed by atoms with E-state index >= 15 is 0 Å². The number of benzene rings is 2. The minimum Gasteiger partial charge on any atom is -0.325 e. The molecular formula is C22H21N3O4. The summed E-state index contributed by atoms with van der Waals surface area (Å²) in [6.07, 6.45) is 1.16. The van der Waals surface area contributed by atoms with Gasteiger partial charge >= 0.3 is 5.69 Å². The third-order valence-corrected chi connectivity index (χ3v) is 4.45. The maximum absolute atomic E-state index is 12.8. The van der Waals surface area contributed by atoms with Crippen molar-refractivity contribution >= 4 is 17.4 Å². The molecule has 0 aliphatic carbocycles. The van der Waals surface area contributed by atoms with Crippen LogP contribution in [0.2, 0.25) is 0 Å². The highest BCUT2D eigenvalue weighted by atomic mass is 16.2. The third-order valence-electron chi connectivity index (χ3n) is 4.45. The predicted molar refractivity (Wildman–Crippen MR) is 110 cm³/mol. The predicted octanol–water partition coefficient (Wildman–Crippen LogP) is 2.21. The summed E-state index contributed by atoms with van der Waals surface area (Å²) in [5.41, 5.74) is 0.938. The topological polar surface area (TPSA) is 90.2 Å². The fourth-order valence-electron chi connectivity index (χ4n) is 2.91. The molecule has 1 aromatic heterocycles. The number of carbonyl (C=O) groups is 2. The number of anilines is 1. The Kier molecular flexibility index (Phi) is 5.87. The largest absolute Gasteiger partial charge is 0.331 e. The Hall–Kier alpha value is -3.74. The lowest BCUT2D eigenvalue weighted by Crippen LogP contribution is -2.43. The summed E-state index contributed by atoms with van der Waals surface area (Å²) in [4.78, 5) is 49.8. The molecule has 0 bridgehead atoms. The second-order valence-electron chi connectivity index (χ2n) is 6.80. The number of hydrogen-bond acceptors (Lipinski definition) is 4. The third kappa shape index (κ3) is 4.76. The Labute approximate surface area is 167 Å². The number of amides is 1. The molecule has 7 nitrogen and oxygen atoms in total. The van der Waals surface area contributed by atoms with Crippen LogP contribution in [-0.4, -0.2) is 20.8 Å². The van der Waals surface area contributed by atoms with E-state index in [2.05, 4.69) is 5.32 Å². The molecule has 148 valence electrons. The Morgan fingerprint density at radius 1 is 0.966 bits per heavy atom. The number of aryl methyl sites for hydroxylation is 1. The van der Waals surface area contributed by atoms with Crippen LogP contribution in [0.4, 0.5) is 5.69 Å². The van der Waals surface area contributed by atoms with Crippen LogP contribution in [0.3, 0.4) is 0 Å². The maximum Gasteiger partial charge on any atom is 0.331 e. The van der Waals surface area contributed by atoms with Gasteiger partial charge in [0.05, 0.1) is 12.1 Å². The molecule has 2 aromatic carbocycles. The van der Waals surface area contributed by atoms with E-state index in [1.165, 1.54) is 6.92 Å². The molecule has 1 heterocycles. The molecule has 3 aromatic rings. The quantitative estimate of drug-likeness (QED) is 0.653. The first-order valence-corrected chi connectivity index (χ1v) is 9.11. The summed E-state index contributed by atoms with van der Waals surface area (Å²) in [5, 5.41) is 2.71. The van der Waals surface area contributed by atoms with E-state index in [1.807, 2.05) is 25.1 Å². The standard InChI is InChI=1S/C22H21N3O4/c1-15-8-10-18(11-9-15)23-20(27)14-24-13-19(16(2)26)21(28)25(22(24)29)12-17-6-4-3-5-7-17/h3-11,13H,12,14H2,1-2H3,(H,23,27). The first kappa shape index (κ1) is 20.0. The lowest BCUT2D eigenvalue weighted by atomic mass is 10.2. The second kappa shape index (κ2) is 8.52. The van der Waals surface area contributed by atoms with E-state index in [9.17, 15) is 19.2 Å². The molecule has 0 fully saturated rings. The van der Waals surface area contributed by atoms with Crippen LogP contribution < -0.4 is 16.6 Å². The number of nitrogens with one attached hydrogen (secondary N) is 1. The van der Waals surface area contributed by atoms with Gasteiger partial charge in [-0.25, -0.2) is 4.79 Å². The van der Waals surface area contributed by atoms with Gasteiger partial charge in [0.25, 0.3) is 5.56 Å². The number of nitrogens with zero attached hydrogens (tertiary/aromatic N) is 2. The maximum atomic E-state index is 12.8. The van der Waals surface area contributed by atoms with E-state index in [-0.39, 0.29) is 18.7 Å². The summed E-state index contributed by atoms with van der Waals surface area (Å²) < 4.78 is 2.07. The summed E-state index contributed by atoms with van der Waals surface area (Å²) in [6, 6.07) is 16.2. The highest BCUT2D eigenvalue weighted by Gasteiger charge is 2.16. The van der Waals surface area contributed by atoms with Gasteiger partial charge in [-0.15, -0.1) is 0 Å². The first-order valence-electron chi connectivity index (χ1n) is 9.11. The first-order chi connectivity index (χ1) is 13.8. The van der Waals surface area contributed by atoms with Crippen molar-refractivity contribution in [3.05, 3.63) is 98.3 Å².